The van der Waals surface area contributed by atoms with Gasteiger partial charge in [0.05, 0.1) is 0 Å². The van der Waals surface area contributed by atoms with E-state index in [-0.39, 0.29) is 5.54 Å². The third kappa shape index (κ3) is 1.74. The topological polar surface area (TPSA) is 52.0 Å². The molecule has 1 fully saturated rings. The van der Waals surface area contributed by atoms with E-state index >= 15 is 0 Å². The number of nitrogen functional groups attached to an aromatic ring is 1. The Kier molecular flexibility index (Phi) is 2.47. The summed E-state index contributed by atoms with van der Waals surface area (Å²) in [4.78, 5) is 0. The summed E-state index contributed by atoms with van der Waals surface area (Å²) in [6.07, 6.45) is 4.66. The number of hydrogen-bond acceptors (Lipinski definition) is 2. The summed E-state index contributed by atoms with van der Waals surface area (Å²) in [6.45, 7) is 4.17. The number of nitrogens with two attached hydrogens (primary N) is 2. The highest BCUT2D eigenvalue weighted by atomic mass is 14.8. The zero-order valence-corrected chi connectivity index (χ0v) is 9.64. The Morgan fingerprint density at radius 3 is 2.27 bits per heavy atom. The fraction of sp³-hybridized carbons (Fsp3) is 0.538. The normalized spacial score (nSPS) is 19.4. The quantitative estimate of drug-likeness (QED) is 0.691. The third-order valence-corrected chi connectivity index (χ3v) is 3.78. The van der Waals surface area contributed by atoms with Crippen molar-refractivity contribution in [2.45, 2.75) is 45.1 Å². The molecule has 15 heavy (non-hydrogen) atoms. The predicted molar refractivity (Wildman–Crippen MR) is 64.7 cm³/mol. The van der Waals surface area contributed by atoms with Gasteiger partial charge in [-0.3, -0.25) is 0 Å². The minimum atomic E-state index is -0.118. The summed E-state index contributed by atoms with van der Waals surface area (Å²) in [6, 6.07) is 4.27. The molecular formula is C13H20N2. The summed E-state index contributed by atoms with van der Waals surface area (Å²) in [5, 5.41) is 0. The van der Waals surface area contributed by atoms with Crippen molar-refractivity contribution in [3.8, 4) is 0 Å². The lowest BCUT2D eigenvalue weighted by molar-refractivity contribution is 0.461. The lowest BCUT2D eigenvalue weighted by atomic mass is 9.87. The van der Waals surface area contributed by atoms with Crippen LogP contribution in [0, 0.1) is 13.8 Å². The van der Waals surface area contributed by atoms with E-state index in [2.05, 4.69) is 26.0 Å². The molecule has 0 bridgehead atoms. The summed E-state index contributed by atoms with van der Waals surface area (Å²) >= 11 is 0. The SMILES string of the molecule is Cc1cc(C2(N)CCCC2)cc(N)c1C. The maximum Gasteiger partial charge on any atom is 0.0410 e. The van der Waals surface area contributed by atoms with Gasteiger partial charge >= 0.3 is 0 Å². The second-order valence-corrected chi connectivity index (χ2v) is 4.87. The summed E-state index contributed by atoms with van der Waals surface area (Å²) in [7, 11) is 0. The Bertz CT molecular complexity index is 353. The molecule has 0 spiro atoms. The molecule has 0 aliphatic heterocycles. The van der Waals surface area contributed by atoms with Gasteiger partial charge < -0.3 is 11.5 Å². The number of benzene rings is 1. The molecule has 0 heterocycles. The van der Waals surface area contributed by atoms with Crippen LogP contribution in [0.15, 0.2) is 12.1 Å². The highest BCUT2D eigenvalue weighted by molar-refractivity contribution is 5.53. The molecular weight excluding hydrogens is 184 g/mol. The maximum absolute atomic E-state index is 6.41. The minimum Gasteiger partial charge on any atom is -0.398 e. The zero-order chi connectivity index (χ0) is 11.1. The Balaban J connectivity index is 2.45. The van der Waals surface area contributed by atoms with Crippen LogP contribution in [0.4, 0.5) is 5.69 Å². The number of rotatable bonds is 1. The van der Waals surface area contributed by atoms with Crippen LogP contribution in [-0.2, 0) is 5.54 Å². The van der Waals surface area contributed by atoms with Crippen molar-refractivity contribution in [3.05, 3.63) is 28.8 Å². The lowest BCUT2D eigenvalue weighted by Gasteiger charge is -2.25. The van der Waals surface area contributed by atoms with Crippen LogP contribution in [0.2, 0.25) is 0 Å². The first-order chi connectivity index (χ1) is 7.03. The van der Waals surface area contributed by atoms with E-state index in [1.807, 2.05) is 0 Å². The molecule has 1 aliphatic carbocycles. The van der Waals surface area contributed by atoms with Gasteiger partial charge in [0, 0.05) is 11.2 Å². The predicted octanol–water partition coefficient (Wildman–Crippen LogP) is 2.61. The molecule has 2 rings (SSSR count). The van der Waals surface area contributed by atoms with Gasteiger partial charge in [-0.2, -0.15) is 0 Å². The average Bonchev–Trinajstić information content (AvgIpc) is 2.62. The highest BCUT2D eigenvalue weighted by Crippen LogP contribution is 2.37. The van der Waals surface area contributed by atoms with Crippen molar-refractivity contribution in [1.82, 2.24) is 0 Å². The second kappa shape index (κ2) is 3.53. The molecule has 0 aromatic heterocycles. The molecule has 0 unspecified atom stereocenters. The van der Waals surface area contributed by atoms with Crippen molar-refractivity contribution < 1.29 is 0 Å². The van der Waals surface area contributed by atoms with Crippen molar-refractivity contribution >= 4 is 5.69 Å². The zero-order valence-electron chi connectivity index (χ0n) is 9.64. The molecule has 0 atom stereocenters. The first kappa shape index (κ1) is 10.5. The van der Waals surface area contributed by atoms with Crippen LogP contribution in [0.1, 0.15) is 42.4 Å². The summed E-state index contributed by atoms with van der Waals surface area (Å²) < 4.78 is 0. The van der Waals surface area contributed by atoms with Crippen LogP contribution in [-0.4, -0.2) is 0 Å². The van der Waals surface area contributed by atoms with Gasteiger partial charge in [0.2, 0.25) is 0 Å². The van der Waals surface area contributed by atoms with E-state index in [0.29, 0.717) is 0 Å². The molecule has 1 saturated carbocycles. The van der Waals surface area contributed by atoms with E-state index in [9.17, 15) is 0 Å². The van der Waals surface area contributed by atoms with E-state index < -0.39 is 0 Å². The lowest BCUT2D eigenvalue weighted by Crippen LogP contribution is -2.33. The van der Waals surface area contributed by atoms with Crippen molar-refractivity contribution in [3.63, 3.8) is 0 Å². The molecule has 82 valence electrons. The highest BCUT2D eigenvalue weighted by Gasteiger charge is 2.31. The van der Waals surface area contributed by atoms with Gasteiger partial charge in [-0.1, -0.05) is 18.9 Å². The molecule has 0 amide bonds. The molecule has 4 N–H and O–H groups in total. The van der Waals surface area contributed by atoms with Gasteiger partial charge in [-0.25, -0.2) is 0 Å². The maximum atomic E-state index is 6.41. The second-order valence-electron chi connectivity index (χ2n) is 4.87. The Hall–Kier alpha value is -1.02. The van der Waals surface area contributed by atoms with Gasteiger partial charge in [0.25, 0.3) is 0 Å². The van der Waals surface area contributed by atoms with Crippen LogP contribution in [0.5, 0.6) is 0 Å². The van der Waals surface area contributed by atoms with Crippen LogP contribution < -0.4 is 11.5 Å². The van der Waals surface area contributed by atoms with Crippen molar-refractivity contribution in [2.24, 2.45) is 5.73 Å². The molecule has 0 saturated heterocycles. The largest absolute Gasteiger partial charge is 0.398 e. The van der Waals surface area contributed by atoms with Crippen molar-refractivity contribution in [1.29, 1.82) is 0 Å². The van der Waals surface area contributed by atoms with Gasteiger partial charge in [-0.05, 0) is 49.4 Å². The molecule has 1 aliphatic rings. The Morgan fingerprint density at radius 2 is 1.73 bits per heavy atom. The fourth-order valence-corrected chi connectivity index (χ4v) is 2.47. The van der Waals surface area contributed by atoms with E-state index in [4.69, 9.17) is 11.5 Å². The minimum absolute atomic E-state index is 0.118. The average molecular weight is 204 g/mol. The monoisotopic (exact) mass is 204 g/mol. The van der Waals surface area contributed by atoms with E-state index in [1.54, 1.807) is 0 Å². The number of anilines is 1. The summed E-state index contributed by atoms with van der Waals surface area (Å²) in [5.74, 6) is 0. The summed E-state index contributed by atoms with van der Waals surface area (Å²) in [5.41, 5.74) is 16.8. The first-order valence-corrected chi connectivity index (χ1v) is 5.69. The number of hydrogen-bond donors (Lipinski definition) is 2. The van der Waals surface area contributed by atoms with E-state index in [1.165, 1.54) is 29.5 Å². The van der Waals surface area contributed by atoms with E-state index in [0.717, 1.165) is 18.5 Å². The standard InChI is InChI=1S/C13H20N2/c1-9-7-11(8-12(14)10(9)2)13(15)5-3-4-6-13/h7-8H,3-6,14-15H2,1-2H3. The number of aryl methyl sites for hydroxylation is 1. The molecule has 1 aromatic rings. The van der Waals surface area contributed by atoms with Crippen LogP contribution >= 0.6 is 0 Å². The molecule has 2 heteroatoms. The van der Waals surface area contributed by atoms with Crippen molar-refractivity contribution in [2.75, 3.05) is 5.73 Å². The van der Waals surface area contributed by atoms with Crippen LogP contribution in [0.25, 0.3) is 0 Å². The third-order valence-electron chi connectivity index (χ3n) is 3.78. The van der Waals surface area contributed by atoms with Gasteiger partial charge in [0.15, 0.2) is 0 Å². The first-order valence-electron chi connectivity index (χ1n) is 5.69. The van der Waals surface area contributed by atoms with Crippen LogP contribution in [0.3, 0.4) is 0 Å². The Labute approximate surface area is 91.7 Å². The smallest absolute Gasteiger partial charge is 0.0410 e. The molecule has 1 aromatic carbocycles. The molecule has 0 radical (unpaired) electrons. The van der Waals surface area contributed by atoms with Gasteiger partial charge in [0.1, 0.15) is 0 Å². The van der Waals surface area contributed by atoms with Gasteiger partial charge in [-0.15, -0.1) is 0 Å². The molecule has 2 nitrogen and oxygen atoms in total. The Morgan fingerprint density at radius 1 is 1.13 bits per heavy atom. The fourth-order valence-electron chi connectivity index (χ4n) is 2.47.